The summed E-state index contributed by atoms with van der Waals surface area (Å²) in [5.41, 5.74) is 0. The van der Waals surface area contributed by atoms with E-state index < -0.39 is 18.2 Å². The van der Waals surface area contributed by atoms with Gasteiger partial charge in [0.25, 0.3) is 0 Å². The lowest BCUT2D eigenvalue weighted by Gasteiger charge is -2.24. The predicted octanol–water partition coefficient (Wildman–Crippen LogP) is 16.5. The summed E-state index contributed by atoms with van der Waals surface area (Å²) in [6, 6.07) is -0.743. The molecule has 0 aromatic rings. The summed E-state index contributed by atoms with van der Waals surface area (Å²) in [5.74, 6) is -0.610. The molecule has 0 heterocycles. The molecule has 0 saturated carbocycles. The number of amides is 1. The van der Waals surface area contributed by atoms with Crippen molar-refractivity contribution in [2.75, 3.05) is 6.61 Å². The summed E-state index contributed by atoms with van der Waals surface area (Å²) in [4.78, 5) is 26.1. The number of hydrogen-bond donors (Lipinski definition) is 3. The zero-order valence-corrected chi connectivity index (χ0v) is 42.3. The lowest BCUT2D eigenvalue weighted by Crippen LogP contribution is -2.46. The minimum atomic E-state index is -0.822. The van der Waals surface area contributed by atoms with Gasteiger partial charge in [-0.3, -0.25) is 9.59 Å². The van der Waals surface area contributed by atoms with Gasteiger partial charge in [0.2, 0.25) is 5.91 Å². The molecule has 6 heteroatoms. The maximum absolute atomic E-state index is 13.2. The van der Waals surface area contributed by atoms with Crippen molar-refractivity contribution < 1.29 is 24.5 Å². The van der Waals surface area contributed by atoms with E-state index in [4.69, 9.17) is 4.74 Å². The number of ether oxygens (including phenoxy) is 1. The molecule has 6 nitrogen and oxygen atoms in total. The average molecular weight is 904 g/mol. The first-order chi connectivity index (χ1) is 32.0. The number of aliphatic hydroxyl groups excluding tert-OH is 2. The second-order valence-corrected chi connectivity index (χ2v) is 17.9. The Labute approximate surface area is 401 Å². The molecule has 3 unspecified atom stereocenters. The Morgan fingerprint density at radius 3 is 1.31 bits per heavy atom. The third kappa shape index (κ3) is 47.1. The Kier molecular flexibility index (Phi) is 49.2. The Balaban J connectivity index is 4.70. The topological polar surface area (TPSA) is 95.9 Å². The van der Waals surface area contributed by atoms with Gasteiger partial charge in [0.15, 0.2) is 0 Å². The molecule has 0 aliphatic rings. The van der Waals surface area contributed by atoms with Crippen molar-refractivity contribution in [3.8, 4) is 0 Å². The van der Waals surface area contributed by atoms with Gasteiger partial charge in [-0.2, -0.15) is 0 Å². The summed E-state index contributed by atoms with van der Waals surface area (Å²) in [6.45, 7) is 6.23. The van der Waals surface area contributed by atoms with E-state index in [0.717, 1.165) is 103 Å². The first-order valence-corrected chi connectivity index (χ1v) is 27.0. The summed E-state index contributed by atoms with van der Waals surface area (Å²) in [6.07, 6.45) is 69.2. The second kappa shape index (κ2) is 51.8. The number of allylic oxidation sites excluding steroid dienone is 15. The van der Waals surface area contributed by atoms with Gasteiger partial charge in [-0.1, -0.05) is 240 Å². The predicted molar refractivity (Wildman–Crippen MR) is 282 cm³/mol. The molecule has 3 N–H and O–H groups in total. The Morgan fingerprint density at radius 1 is 0.477 bits per heavy atom. The fourth-order valence-electron chi connectivity index (χ4n) is 7.64. The molecule has 3 atom stereocenters. The van der Waals surface area contributed by atoms with Gasteiger partial charge in [0.1, 0.15) is 6.10 Å². The van der Waals surface area contributed by atoms with Gasteiger partial charge in [0.05, 0.1) is 25.2 Å². The monoisotopic (exact) mass is 904 g/mol. The van der Waals surface area contributed by atoms with Crippen LogP contribution in [0.1, 0.15) is 239 Å². The lowest BCUT2D eigenvalue weighted by molar-refractivity contribution is -0.150. The van der Waals surface area contributed by atoms with Crippen molar-refractivity contribution in [3.05, 3.63) is 97.2 Å². The number of unbranched alkanes of at least 4 members (excludes halogenated alkanes) is 20. The van der Waals surface area contributed by atoms with Gasteiger partial charge in [-0.05, 0) is 77.0 Å². The van der Waals surface area contributed by atoms with E-state index in [1.165, 1.54) is 89.9 Å². The molecule has 0 aromatic carbocycles. The van der Waals surface area contributed by atoms with E-state index in [0.29, 0.717) is 19.3 Å². The third-order valence-electron chi connectivity index (χ3n) is 11.7. The summed E-state index contributed by atoms with van der Waals surface area (Å²) >= 11 is 0. The minimum Gasteiger partial charge on any atom is -0.461 e. The maximum atomic E-state index is 13.2. The van der Waals surface area contributed by atoms with Crippen LogP contribution in [0.5, 0.6) is 0 Å². The lowest BCUT2D eigenvalue weighted by atomic mass is 10.0. The van der Waals surface area contributed by atoms with E-state index in [-0.39, 0.29) is 24.9 Å². The van der Waals surface area contributed by atoms with Crippen molar-refractivity contribution in [1.29, 1.82) is 0 Å². The van der Waals surface area contributed by atoms with Crippen LogP contribution in [0.4, 0.5) is 0 Å². The quantitative estimate of drug-likeness (QED) is 0.0321. The first-order valence-electron chi connectivity index (χ1n) is 27.0. The molecule has 0 spiro atoms. The average Bonchev–Trinajstić information content (AvgIpc) is 3.30. The zero-order valence-electron chi connectivity index (χ0n) is 42.3. The van der Waals surface area contributed by atoms with Crippen molar-refractivity contribution in [2.45, 2.75) is 257 Å². The van der Waals surface area contributed by atoms with E-state index >= 15 is 0 Å². The molecule has 0 aromatic heterocycles. The van der Waals surface area contributed by atoms with Gasteiger partial charge < -0.3 is 20.3 Å². The van der Waals surface area contributed by atoms with Crippen molar-refractivity contribution in [3.63, 3.8) is 0 Å². The highest BCUT2D eigenvalue weighted by molar-refractivity contribution is 5.77. The fraction of sp³-hybridized carbons (Fsp3) is 0.695. The maximum Gasteiger partial charge on any atom is 0.306 e. The van der Waals surface area contributed by atoms with E-state index in [9.17, 15) is 19.8 Å². The number of carbonyl (C=O) groups is 2. The van der Waals surface area contributed by atoms with Gasteiger partial charge >= 0.3 is 5.97 Å². The number of carbonyl (C=O) groups excluding carboxylic acids is 2. The van der Waals surface area contributed by atoms with Crippen LogP contribution in [-0.4, -0.2) is 46.9 Å². The number of nitrogens with one attached hydrogen (secondary N) is 1. The third-order valence-corrected chi connectivity index (χ3v) is 11.7. The molecule has 0 saturated heterocycles. The van der Waals surface area contributed by atoms with Crippen LogP contribution < -0.4 is 5.32 Å². The summed E-state index contributed by atoms with van der Waals surface area (Å²) < 4.78 is 5.86. The van der Waals surface area contributed by atoms with Crippen LogP contribution >= 0.6 is 0 Å². The van der Waals surface area contributed by atoms with Crippen molar-refractivity contribution >= 4 is 11.9 Å². The smallest absolute Gasteiger partial charge is 0.306 e. The summed E-state index contributed by atoms with van der Waals surface area (Å²) in [7, 11) is 0. The molecule has 65 heavy (non-hydrogen) atoms. The van der Waals surface area contributed by atoms with E-state index in [1.807, 2.05) is 12.2 Å². The number of aliphatic hydroxyl groups is 2. The number of hydrogen-bond acceptors (Lipinski definition) is 5. The number of esters is 1. The van der Waals surface area contributed by atoms with Crippen molar-refractivity contribution in [1.82, 2.24) is 5.32 Å². The second-order valence-electron chi connectivity index (χ2n) is 17.9. The molecular formula is C59H101NO5. The van der Waals surface area contributed by atoms with Crippen molar-refractivity contribution in [2.24, 2.45) is 0 Å². The fourth-order valence-corrected chi connectivity index (χ4v) is 7.64. The largest absolute Gasteiger partial charge is 0.461 e. The molecule has 1 amide bonds. The molecule has 0 fully saturated rings. The molecule has 0 rings (SSSR count). The highest BCUT2D eigenvalue weighted by atomic mass is 16.5. The van der Waals surface area contributed by atoms with Gasteiger partial charge in [0, 0.05) is 12.8 Å². The minimum absolute atomic E-state index is 0.0145. The normalized spacial score (nSPS) is 14.0. The molecular weight excluding hydrogens is 803 g/mol. The van der Waals surface area contributed by atoms with Gasteiger partial charge in [-0.15, -0.1) is 0 Å². The molecule has 0 radical (unpaired) electrons. The van der Waals surface area contributed by atoms with E-state index in [1.54, 1.807) is 0 Å². The van der Waals surface area contributed by atoms with Crippen LogP contribution in [0, 0.1) is 0 Å². The van der Waals surface area contributed by atoms with Crippen LogP contribution in [0.3, 0.4) is 0 Å². The van der Waals surface area contributed by atoms with Crippen LogP contribution in [0.2, 0.25) is 0 Å². The standard InChI is InChI=1S/C59H101NO5/c1-4-7-10-13-16-19-22-25-28-29-31-33-36-39-42-45-48-51-57(62)56(54-61)60-58(63)53-55(50-47-44-41-38-35-32-30-26-23-20-17-14-11-8-5-2)65-59(64)52-49-46-43-40-37-34-27-24-21-18-15-12-9-6-3/h8-9,11-12,17-18,20-21,26-27,30,34-35,38,44,47,55-57,61-62H,4-7,10,13-16,19,22-25,28-29,31-33,36-37,39-43,45-46,48-54H2,1-3H3,(H,60,63)/b11-8-,12-9+,20-17-,21-18+,30-26-,34-27+,38-35-,47-44-. The SMILES string of the molecule is CC/C=C\C/C=C\C/C=C\C/C=C\C/C=C\CC(CC(=O)NC(CO)C(O)CCCCCCCCCCCCCCCCCCC)OC(=O)CCCCCC/C=C/C/C=C/C/C=C/CC. The Morgan fingerprint density at radius 2 is 0.862 bits per heavy atom. The Bertz CT molecular complexity index is 1290. The molecule has 0 aliphatic carbocycles. The van der Waals surface area contributed by atoms with Crippen LogP contribution in [-0.2, 0) is 14.3 Å². The van der Waals surface area contributed by atoms with Gasteiger partial charge in [-0.25, -0.2) is 0 Å². The van der Waals surface area contributed by atoms with E-state index in [2.05, 4.69) is 111 Å². The highest BCUT2D eigenvalue weighted by Crippen LogP contribution is 2.16. The highest BCUT2D eigenvalue weighted by Gasteiger charge is 2.23. The number of rotatable bonds is 47. The molecule has 0 aliphatic heterocycles. The first kappa shape index (κ1) is 61.8. The molecule has 0 bridgehead atoms. The van der Waals surface area contributed by atoms with Crippen LogP contribution in [0.15, 0.2) is 97.2 Å². The van der Waals surface area contributed by atoms with Crippen LogP contribution in [0.25, 0.3) is 0 Å². The summed E-state index contributed by atoms with van der Waals surface area (Å²) in [5, 5.41) is 23.8. The Hall–Kier alpha value is -3.22. The molecule has 372 valence electrons. The zero-order chi connectivity index (χ0) is 47.4.